The van der Waals surface area contributed by atoms with Crippen LogP contribution in [0.4, 0.5) is 0 Å². The molecule has 0 saturated carbocycles. The minimum Gasteiger partial charge on any atom is -0.368 e. The number of likely N-dealkylation sites (N-methyl/N-ethyl adjacent to an activating group) is 1. The molecule has 0 aromatic rings. The van der Waals surface area contributed by atoms with Crippen LogP contribution in [0.3, 0.4) is 0 Å². The van der Waals surface area contributed by atoms with Crippen molar-refractivity contribution in [2.75, 3.05) is 26.7 Å². The van der Waals surface area contributed by atoms with Gasteiger partial charge in [-0.1, -0.05) is 0 Å². The maximum Gasteiger partial charge on any atom is 0.234 e. The first-order chi connectivity index (χ1) is 8.08. The zero-order valence-electron chi connectivity index (χ0n) is 10.6. The van der Waals surface area contributed by atoms with Crippen LogP contribution in [0.25, 0.3) is 0 Å². The first-order valence-corrected chi connectivity index (χ1v) is 6.57. The number of nitrogens with zero attached hydrogens (tertiary/aromatic N) is 2. The molecule has 2 aliphatic heterocycles. The summed E-state index contributed by atoms with van der Waals surface area (Å²) in [5.41, 5.74) is 10.8. The van der Waals surface area contributed by atoms with E-state index in [0.717, 1.165) is 25.7 Å². The predicted molar refractivity (Wildman–Crippen MR) is 67.4 cm³/mol. The van der Waals surface area contributed by atoms with Crippen LogP contribution in [-0.2, 0) is 4.79 Å². The Balaban J connectivity index is 1.81. The highest BCUT2D eigenvalue weighted by Gasteiger charge is 2.34. The Hall–Kier alpha value is -0.650. The maximum atomic E-state index is 10.9. The third-order valence-electron chi connectivity index (χ3n) is 4.35. The van der Waals surface area contributed by atoms with Crippen molar-refractivity contribution in [2.45, 2.75) is 43.8 Å². The molecule has 2 rings (SSSR count). The molecule has 3 atom stereocenters. The highest BCUT2D eigenvalue weighted by Crippen LogP contribution is 2.28. The molecule has 4 N–H and O–H groups in total. The summed E-state index contributed by atoms with van der Waals surface area (Å²) >= 11 is 0. The van der Waals surface area contributed by atoms with Crippen LogP contribution in [0.2, 0.25) is 0 Å². The standard InChI is InChI=1S/C12H24N4O/c1-15-9-2-3-10(15)8-16(6-4-9)7-5-11(13)12(14)17/h9-11H,2-8,13H2,1H3,(H2,14,17). The summed E-state index contributed by atoms with van der Waals surface area (Å²) in [6.45, 7) is 3.12. The lowest BCUT2D eigenvalue weighted by Crippen LogP contribution is -2.42. The monoisotopic (exact) mass is 240 g/mol. The first kappa shape index (κ1) is 12.8. The molecule has 2 aliphatic rings. The van der Waals surface area contributed by atoms with Gasteiger partial charge in [0.1, 0.15) is 0 Å². The number of carbonyl (C=O) groups is 1. The molecule has 0 aliphatic carbocycles. The van der Waals surface area contributed by atoms with Gasteiger partial charge >= 0.3 is 0 Å². The second-order valence-corrected chi connectivity index (χ2v) is 5.44. The lowest BCUT2D eigenvalue weighted by molar-refractivity contribution is -0.119. The van der Waals surface area contributed by atoms with Crippen LogP contribution in [0.5, 0.6) is 0 Å². The summed E-state index contributed by atoms with van der Waals surface area (Å²) in [6, 6.07) is 0.954. The Morgan fingerprint density at radius 2 is 2.06 bits per heavy atom. The minimum atomic E-state index is -0.492. The van der Waals surface area contributed by atoms with E-state index < -0.39 is 11.9 Å². The van der Waals surface area contributed by atoms with Gasteiger partial charge in [0.2, 0.25) is 5.91 Å². The maximum absolute atomic E-state index is 10.9. The molecular formula is C12H24N4O. The first-order valence-electron chi connectivity index (χ1n) is 6.57. The van der Waals surface area contributed by atoms with Crippen LogP contribution in [0.15, 0.2) is 0 Å². The fourth-order valence-corrected chi connectivity index (χ4v) is 3.05. The van der Waals surface area contributed by atoms with E-state index in [0.29, 0.717) is 12.5 Å². The van der Waals surface area contributed by atoms with Crippen molar-refractivity contribution < 1.29 is 4.79 Å². The summed E-state index contributed by atoms with van der Waals surface area (Å²) in [4.78, 5) is 15.8. The topological polar surface area (TPSA) is 75.6 Å². The third-order valence-corrected chi connectivity index (χ3v) is 4.35. The van der Waals surface area contributed by atoms with E-state index in [1.807, 2.05) is 0 Å². The van der Waals surface area contributed by atoms with Crippen LogP contribution in [0, 0.1) is 0 Å². The Kier molecular flexibility index (Phi) is 4.01. The van der Waals surface area contributed by atoms with E-state index in [-0.39, 0.29) is 0 Å². The number of hydrogen-bond donors (Lipinski definition) is 2. The quantitative estimate of drug-likeness (QED) is 0.685. The molecule has 98 valence electrons. The van der Waals surface area contributed by atoms with Crippen molar-refractivity contribution in [3.05, 3.63) is 0 Å². The molecule has 0 spiro atoms. The molecule has 2 heterocycles. The average Bonchev–Trinajstić information content (AvgIpc) is 2.51. The predicted octanol–water partition coefficient (Wildman–Crippen LogP) is -0.642. The molecule has 2 fully saturated rings. The van der Waals surface area contributed by atoms with Gasteiger partial charge in [-0.05, 0) is 39.3 Å². The molecule has 5 heteroatoms. The third kappa shape index (κ3) is 2.97. The van der Waals surface area contributed by atoms with Crippen LogP contribution >= 0.6 is 0 Å². The van der Waals surface area contributed by atoms with Gasteiger partial charge in [-0.25, -0.2) is 0 Å². The SMILES string of the molecule is CN1C2CCC1CN(CCC(N)C(N)=O)CC2. The number of likely N-dealkylation sites (tertiary alicyclic amines) is 1. The molecule has 17 heavy (non-hydrogen) atoms. The van der Waals surface area contributed by atoms with Crippen LogP contribution in [-0.4, -0.2) is 60.5 Å². The largest absolute Gasteiger partial charge is 0.368 e. The van der Waals surface area contributed by atoms with Crippen molar-refractivity contribution in [3.8, 4) is 0 Å². The van der Waals surface area contributed by atoms with E-state index in [2.05, 4.69) is 16.8 Å². The second-order valence-electron chi connectivity index (χ2n) is 5.44. The second kappa shape index (κ2) is 5.33. The number of rotatable bonds is 4. The van der Waals surface area contributed by atoms with E-state index >= 15 is 0 Å². The summed E-state index contributed by atoms with van der Waals surface area (Å²) in [6.07, 6.45) is 4.56. The lowest BCUT2D eigenvalue weighted by Gasteiger charge is -2.26. The highest BCUT2D eigenvalue weighted by molar-refractivity contribution is 5.79. The zero-order chi connectivity index (χ0) is 12.4. The lowest BCUT2D eigenvalue weighted by atomic mass is 10.1. The number of hydrogen-bond acceptors (Lipinski definition) is 4. The number of nitrogens with two attached hydrogens (primary N) is 2. The molecule has 2 bridgehead atoms. The van der Waals surface area contributed by atoms with Crippen LogP contribution in [0.1, 0.15) is 25.7 Å². The summed E-state index contributed by atoms with van der Waals surface area (Å²) in [5, 5.41) is 0. The summed E-state index contributed by atoms with van der Waals surface area (Å²) in [5.74, 6) is -0.390. The zero-order valence-corrected chi connectivity index (χ0v) is 10.6. The Morgan fingerprint density at radius 1 is 1.35 bits per heavy atom. The van der Waals surface area contributed by atoms with E-state index in [4.69, 9.17) is 11.5 Å². The molecule has 0 radical (unpaired) electrons. The van der Waals surface area contributed by atoms with E-state index in [1.54, 1.807) is 0 Å². The van der Waals surface area contributed by atoms with Crippen LogP contribution < -0.4 is 11.5 Å². The number of fused-ring (bicyclic) bond motifs is 2. The average molecular weight is 240 g/mol. The molecule has 0 aromatic heterocycles. The fourth-order valence-electron chi connectivity index (χ4n) is 3.05. The molecule has 0 aromatic carbocycles. The van der Waals surface area contributed by atoms with Gasteiger partial charge < -0.3 is 16.4 Å². The van der Waals surface area contributed by atoms with E-state index in [1.165, 1.54) is 19.3 Å². The number of amides is 1. The van der Waals surface area contributed by atoms with Crippen molar-refractivity contribution >= 4 is 5.91 Å². The molecule has 1 amide bonds. The fraction of sp³-hybridized carbons (Fsp3) is 0.917. The Morgan fingerprint density at radius 3 is 2.76 bits per heavy atom. The van der Waals surface area contributed by atoms with Gasteiger partial charge in [0.05, 0.1) is 6.04 Å². The number of primary amides is 1. The molecule has 3 unspecified atom stereocenters. The van der Waals surface area contributed by atoms with Gasteiger partial charge in [0.25, 0.3) is 0 Å². The van der Waals surface area contributed by atoms with Crippen molar-refractivity contribution in [3.63, 3.8) is 0 Å². The van der Waals surface area contributed by atoms with Gasteiger partial charge in [-0.15, -0.1) is 0 Å². The van der Waals surface area contributed by atoms with Crippen molar-refractivity contribution in [1.82, 2.24) is 9.80 Å². The normalized spacial score (nSPS) is 32.4. The molecular weight excluding hydrogens is 216 g/mol. The molecule has 5 nitrogen and oxygen atoms in total. The summed E-state index contributed by atoms with van der Waals surface area (Å²) < 4.78 is 0. The highest BCUT2D eigenvalue weighted by atomic mass is 16.1. The minimum absolute atomic E-state index is 0.390. The van der Waals surface area contributed by atoms with Crippen molar-refractivity contribution in [2.24, 2.45) is 11.5 Å². The van der Waals surface area contributed by atoms with Gasteiger partial charge in [0, 0.05) is 25.2 Å². The van der Waals surface area contributed by atoms with Crippen molar-refractivity contribution in [1.29, 1.82) is 0 Å². The van der Waals surface area contributed by atoms with Gasteiger partial charge in [0.15, 0.2) is 0 Å². The Bertz CT molecular complexity index is 284. The molecule has 2 saturated heterocycles. The smallest absolute Gasteiger partial charge is 0.234 e. The van der Waals surface area contributed by atoms with Gasteiger partial charge in [-0.2, -0.15) is 0 Å². The number of carbonyl (C=O) groups excluding carboxylic acids is 1. The van der Waals surface area contributed by atoms with E-state index in [9.17, 15) is 4.79 Å². The van der Waals surface area contributed by atoms with Gasteiger partial charge in [-0.3, -0.25) is 9.69 Å². The summed E-state index contributed by atoms with van der Waals surface area (Å²) in [7, 11) is 2.24. The Labute approximate surface area is 103 Å².